The smallest absolute Gasteiger partial charge is 0.0798 e. The van der Waals surface area contributed by atoms with Gasteiger partial charge in [-0.15, -0.1) is 71.8 Å². The number of rotatable bonds is 5. The third-order valence-corrected chi connectivity index (χ3v) is 8.43. The third kappa shape index (κ3) is 8.66. The second kappa shape index (κ2) is 13.9. The van der Waals surface area contributed by atoms with Gasteiger partial charge in [-0.1, -0.05) is 88.4 Å². The Kier molecular flexibility index (Phi) is 10.9. The van der Waals surface area contributed by atoms with Crippen LogP contribution in [0.15, 0.2) is 109 Å². The van der Waals surface area contributed by atoms with Gasteiger partial charge in [0, 0.05) is 32.5 Å². The predicted molar refractivity (Wildman–Crippen MR) is 169 cm³/mol. The van der Waals surface area contributed by atoms with E-state index in [4.69, 9.17) is 4.98 Å². The molecular weight excluding hydrogens is 681 g/mol. The molecule has 0 saturated carbocycles. The van der Waals surface area contributed by atoms with Crippen molar-refractivity contribution in [1.82, 2.24) is 9.97 Å². The van der Waals surface area contributed by atoms with Gasteiger partial charge in [-0.25, -0.2) is 0 Å². The van der Waals surface area contributed by atoms with E-state index in [2.05, 4.69) is 94.1 Å². The number of aromatic nitrogens is 2. The van der Waals surface area contributed by atoms with Crippen LogP contribution in [0.3, 0.4) is 0 Å². The molecule has 0 aliphatic carbocycles. The van der Waals surface area contributed by atoms with E-state index in [1.54, 1.807) is 0 Å². The van der Waals surface area contributed by atoms with Gasteiger partial charge in [0.25, 0.3) is 0 Å². The van der Waals surface area contributed by atoms with Crippen LogP contribution in [-0.4, -0.2) is 18.0 Å². The summed E-state index contributed by atoms with van der Waals surface area (Å²) in [6.45, 7) is 14.1. The molecule has 0 aliphatic rings. The van der Waals surface area contributed by atoms with E-state index in [0.29, 0.717) is 0 Å². The van der Waals surface area contributed by atoms with Gasteiger partial charge in [0.15, 0.2) is 0 Å². The Morgan fingerprint density at radius 2 is 1.35 bits per heavy atom. The van der Waals surface area contributed by atoms with Crippen molar-refractivity contribution in [3.05, 3.63) is 127 Å². The molecular formula is C36H38IrN2Si-2. The molecule has 2 heterocycles. The molecule has 0 aliphatic heterocycles. The van der Waals surface area contributed by atoms with Crippen molar-refractivity contribution < 1.29 is 20.1 Å². The molecule has 0 bridgehead atoms. The Morgan fingerprint density at radius 3 is 1.93 bits per heavy atom. The zero-order valence-corrected chi connectivity index (χ0v) is 27.7. The van der Waals surface area contributed by atoms with Crippen molar-refractivity contribution in [2.45, 2.75) is 46.8 Å². The molecule has 0 unspecified atom stereocenters. The molecule has 5 rings (SSSR count). The Morgan fingerprint density at radius 1 is 0.725 bits per heavy atom. The van der Waals surface area contributed by atoms with Gasteiger partial charge < -0.3 is 9.97 Å². The standard InChI is InChI=1S/C19H26NSi.C17H12N.Ir/c1-19(2,3)13-16-12-17(15-10-8-7-9-11-15)20-14-18(16)21(4,5)6;1-3-8-14(9-4-1)16-12-7-13-18-17(16)15-10-5-2-6-11-15;/h7-10,12,14H,13H2,1-6H3;1-10,12-13H;/q2*-1;. The van der Waals surface area contributed by atoms with Crippen molar-refractivity contribution in [1.29, 1.82) is 0 Å². The molecule has 0 fully saturated rings. The van der Waals surface area contributed by atoms with Gasteiger partial charge in [-0.05, 0) is 45.6 Å². The largest absolute Gasteiger partial charge is 0.305 e. The predicted octanol–water partition coefficient (Wildman–Crippen LogP) is 8.90. The van der Waals surface area contributed by atoms with Gasteiger partial charge >= 0.3 is 0 Å². The first-order chi connectivity index (χ1) is 18.6. The van der Waals surface area contributed by atoms with E-state index in [-0.39, 0.29) is 25.5 Å². The fourth-order valence-electron chi connectivity index (χ4n) is 4.60. The molecule has 3 aromatic carbocycles. The SMILES string of the molecule is CC(C)(C)Cc1cc(-c2[c-]cccc2)ncc1[Si](C)(C)C.[Ir].[c-]1ccccc1-c1ncccc1-c1ccccc1. The van der Waals surface area contributed by atoms with Crippen LogP contribution >= 0.6 is 0 Å². The average molecular weight is 719 g/mol. The second-order valence-corrected chi connectivity index (χ2v) is 17.1. The zero-order chi connectivity index (χ0) is 27.9. The minimum Gasteiger partial charge on any atom is -0.305 e. The van der Waals surface area contributed by atoms with Crippen LogP contribution in [0.2, 0.25) is 19.6 Å². The van der Waals surface area contributed by atoms with Crippen molar-refractivity contribution in [2.75, 3.05) is 0 Å². The summed E-state index contributed by atoms with van der Waals surface area (Å²) in [7, 11) is -1.37. The van der Waals surface area contributed by atoms with E-state index in [1.807, 2.05) is 72.9 Å². The maximum absolute atomic E-state index is 4.71. The fourth-order valence-corrected chi connectivity index (χ4v) is 6.18. The molecule has 0 amide bonds. The Bertz CT molecular complexity index is 1410. The summed E-state index contributed by atoms with van der Waals surface area (Å²) in [6.07, 6.45) is 5.03. The maximum Gasteiger partial charge on any atom is 0.0798 e. The van der Waals surface area contributed by atoms with Crippen molar-refractivity contribution in [3.63, 3.8) is 0 Å². The Balaban J connectivity index is 0.000000217. The first kappa shape index (κ1) is 31.4. The summed E-state index contributed by atoms with van der Waals surface area (Å²) in [5.74, 6) is 0. The monoisotopic (exact) mass is 719 g/mol. The van der Waals surface area contributed by atoms with Crippen molar-refractivity contribution in [3.8, 4) is 33.6 Å². The number of benzene rings is 3. The van der Waals surface area contributed by atoms with Crippen LogP contribution in [-0.2, 0) is 26.5 Å². The topological polar surface area (TPSA) is 25.8 Å². The van der Waals surface area contributed by atoms with E-state index in [0.717, 1.165) is 34.5 Å². The van der Waals surface area contributed by atoms with Crippen LogP contribution in [0.5, 0.6) is 0 Å². The van der Waals surface area contributed by atoms with Gasteiger partial charge in [-0.3, -0.25) is 0 Å². The summed E-state index contributed by atoms with van der Waals surface area (Å²) in [5, 5.41) is 1.48. The van der Waals surface area contributed by atoms with Gasteiger partial charge in [0.1, 0.15) is 0 Å². The van der Waals surface area contributed by atoms with Crippen LogP contribution in [0.25, 0.3) is 33.6 Å². The Labute approximate surface area is 255 Å². The summed E-state index contributed by atoms with van der Waals surface area (Å²) < 4.78 is 0. The summed E-state index contributed by atoms with van der Waals surface area (Å²) in [4.78, 5) is 9.20. The number of hydrogen-bond acceptors (Lipinski definition) is 2. The normalized spacial score (nSPS) is 11.2. The Hall–Kier alpha value is -3.17. The quantitative estimate of drug-likeness (QED) is 0.134. The van der Waals surface area contributed by atoms with E-state index < -0.39 is 8.07 Å². The molecule has 5 aromatic rings. The van der Waals surface area contributed by atoms with Crippen molar-refractivity contribution in [2.24, 2.45) is 5.41 Å². The zero-order valence-electron chi connectivity index (χ0n) is 24.3. The number of nitrogens with zero attached hydrogens (tertiary/aromatic N) is 2. The fraction of sp³-hybridized carbons (Fsp3) is 0.222. The number of hydrogen-bond donors (Lipinski definition) is 0. The molecule has 0 saturated heterocycles. The number of pyridine rings is 2. The average Bonchev–Trinajstić information content (AvgIpc) is 2.93. The molecule has 1 radical (unpaired) electrons. The molecule has 207 valence electrons. The molecule has 0 spiro atoms. The molecule has 2 nitrogen and oxygen atoms in total. The molecule has 4 heteroatoms. The second-order valence-electron chi connectivity index (χ2n) is 12.0. The molecule has 0 N–H and O–H groups in total. The maximum atomic E-state index is 4.71. The minimum atomic E-state index is -1.37. The first-order valence-corrected chi connectivity index (χ1v) is 17.1. The molecule has 40 heavy (non-hydrogen) atoms. The van der Waals surface area contributed by atoms with Gasteiger partial charge in [0.2, 0.25) is 0 Å². The van der Waals surface area contributed by atoms with E-state index >= 15 is 0 Å². The summed E-state index contributed by atoms with van der Waals surface area (Å²) in [6, 6.07) is 39.2. The van der Waals surface area contributed by atoms with Crippen LogP contribution in [0, 0.1) is 17.5 Å². The van der Waals surface area contributed by atoms with Crippen molar-refractivity contribution >= 4 is 13.3 Å². The third-order valence-electron chi connectivity index (χ3n) is 6.36. The summed E-state index contributed by atoms with van der Waals surface area (Å²) in [5.41, 5.74) is 8.18. The van der Waals surface area contributed by atoms with E-state index in [9.17, 15) is 0 Å². The van der Waals surface area contributed by atoms with Gasteiger partial charge in [-0.2, -0.15) is 0 Å². The minimum absolute atomic E-state index is 0. The van der Waals surface area contributed by atoms with E-state index in [1.165, 1.54) is 16.3 Å². The molecule has 0 atom stereocenters. The van der Waals surface area contributed by atoms with Crippen LogP contribution < -0.4 is 5.19 Å². The van der Waals surface area contributed by atoms with Crippen LogP contribution in [0.1, 0.15) is 26.3 Å². The van der Waals surface area contributed by atoms with Crippen LogP contribution in [0.4, 0.5) is 0 Å². The summed E-state index contributed by atoms with van der Waals surface area (Å²) >= 11 is 0. The molecule has 2 aromatic heterocycles. The van der Waals surface area contributed by atoms with Gasteiger partial charge in [0.05, 0.1) is 8.07 Å². The first-order valence-electron chi connectivity index (χ1n) is 13.6.